The SMILES string of the molecule is Cl.Cl.NC1CC(c2cc(NCc3nncn3CCc3ccccc3)ncn2)C1. The van der Waals surface area contributed by atoms with Gasteiger partial charge in [-0.3, -0.25) is 0 Å². The standard InChI is InChI=1S/C19H23N7.2ClH/c20-16-8-15(9-16)17-10-18(23-12-22-17)21-11-19-25-24-13-26(19)7-6-14-4-2-1-3-5-14;;/h1-5,10,12-13,15-16H,6-9,11,20H2,(H,21,22,23);2*1H. The molecule has 0 aliphatic heterocycles. The Morgan fingerprint density at radius 1 is 1.11 bits per heavy atom. The lowest BCUT2D eigenvalue weighted by Crippen LogP contribution is -2.35. The summed E-state index contributed by atoms with van der Waals surface area (Å²) < 4.78 is 2.08. The summed E-state index contributed by atoms with van der Waals surface area (Å²) in [4.78, 5) is 8.69. The van der Waals surface area contributed by atoms with Gasteiger partial charge in [-0.05, 0) is 24.8 Å². The number of hydrogen-bond donors (Lipinski definition) is 2. The van der Waals surface area contributed by atoms with Crippen molar-refractivity contribution in [3.8, 4) is 0 Å². The van der Waals surface area contributed by atoms with Crippen LogP contribution >= 0.6 is 24.8 Å². The Kier molecular flexibility index (Phi) is 8.17. The molecule has 0 saturated heterocycles. The van der Waals surface area contributed by atoms with E-state index in [0.29, 0.717) is 18.5 Å². The first kappa shape index (κ1) is 22.1. The fraction of sp³-hybridized carbons (Fsp3) is 0.368. The molecular weight excluding hydrogens is 397 g/mol. The van der Waals surface area contributed by atoms with Crippen LogP contribution in [-0.2, 0) is 19.5 Å². The molecule has 150 valence electrons. The summed E-state index contributed by atoms with van der Waals surface area (Å²) in [6.45, 7) is 1.43. The van der Waals surface area contributed by atoms with Crippen molar-refractivity contribution in [3.63, 3.8) is 0 Å². The van der Waals surface area contributed by atoms with Crippen LogP contribution in [0, 0.1) is 0 Å². The van der Waals surface area contributed by atoms with Gasteiger partial charge in [-0.15, -0.1) is 35.0 Å². The number of nitrogens with two attached hydrogens (primary N) is 1. The van der Waals surface area contributed by atoms with E-state index in [1.165, 1.54) is 5.56 Å². The lowest BCUT2D eigenvalue weighted by atomic mass is 9.79. The first-order valence-corrected chi connectivity index (χ1v) is 9.00. The molecule has 1 saturated carbocycles. The summed E-state index contributed by atoms with van der Waals surface area (Å²) >= 11 is 0. The molecule has 0 atom stereocenters. The zero-order chi connectivity index (χ0) is 17.8. The monoisotopic (exact) mass is 421 g/mol. The number of halogens is 2. The Bertz CT molecular complexity index is 850. The number of nitrogens with zero attached hydrogens (tertiary/aromatic N) is 5. The number of benzene rings is 1. The average Bonchev–Trinajstić information content (AvgIpc) is 3.11. The molecule has 0 unspecified atom stereocenters. The summed E-state index contributed by atoms with van der Waals surface area (Å²) in [5.41, 5.74) is 8.25. The van der Waals surface area contributed by atoms with E-state index >= 15 is 0 Å². The molecule has 9 heteroatoms. The van der Waals surface area contributed by atoms with Crippen molar-refractivity contribution in [1.29, 1.82) is 0 Å². The predicted molar refractivity (Wildman–Crippen MR) is 114 cm³/mol. The highest BCUT2D eigenvalue weighted by Gasteiger charge is 2.28. The molecule has 2 aromatic heterocycles. The minimum Gasteiger partial charge on any atom is -0.363 e. The fourth-order valence-corrected chi connectivity index (χ4v) is 3.26. The highest BCUT2D eigenvalue weighted by atomic mass is 35.5. The predicted octanol–water partition coefficient (Wildman–Crippen LogP) is 2.97. The second kappa shape index (κ2) is 10.4. The Morgan fingerprint density at radius 2 is 1.89 bits per heavy atom. The van der Waals surface area contributed by atoms with Crippen molar-refractivity contribution in [2.75, 3.05) is 5.32 Å². The van der Waals surface area contributed by atoms with Crippen LogP contribution in [0.25, 0.3) is 0 Å². The molecule has 0 amide bonds. The first-order valence-electron chi connectivity index (χ1n) is 9.00. The van der Waals surface area contributed by atoms with Crippen LogP contribution < -0.4 is 11.1 Å². The van der Waals surface area contributed by atoms with Crippen LogP contribution in [0.1, 0.15) is 35.8 Å². The van der Waals surface area contributed by atoms with Crippen molar-refractivity contribution in [2.45, 2.75) is 44.3 Å². The van der Waals surface area contributed by atoms with Crippen LogP contribution in [0.4, 0.5) is 5.82 Å². The highest BCUT2D eigenvalue weighted by molar-refractivity contribution is 5.85. The van der Waals surface area contributed by atoms with E-state index in [0.717, 1.165) is 43.1 Å². The second-order valence-electron chi connectivity index (χ2n) is 6.79. The minimum absolute atomic E-state index is 0. The van der Waals surface area contributed by atoms with E-state index in [1.807, 2.05) is 12.1 Å². The molecule has 0 spiro atoms. The smallest absolute Gasteiger partial charge is 0.152 e. The molecule has 0 radical (unpaired) electrons. The maximum Gasteiger partial charge on any atom is 0.152 e. The first-order chi connectivity index (χ1) is 12.8. The summed E-state index contributed by atoms with van der Waals surface area (Å²) in [6, 6.07) is 12.8. The van der Waals surface area contributed by atoms with E-state index in [1.54, 1.807) is 12.7 Å². The quantitative estimate of drug-likeness (QED) is 0.608. The summed E-state index contributed by atoms with van der Waals surface area (Å²) in [6.07, 6.45) is 6.35. The Morgan fingerprint density at radius 3 is 2.64 bits per heavy atom. The second-order valence-corrected chi connectivity index (χ2v) is 6.79. The van der Waals surface area contributed by atoms with E-state index in [9.17, 15) is 0 Å². The summed E-state index contributed by atoms with van der Waals surface area (Å²) in [5, 5.41) is 11.6. The van der Waals surface area contributed by atoms with Gasteiger partial charge in [-0.25, -0.2) is 9.97 Å². The fourth-order valence-electron chi connectivity index (χ4n) is 3.26. The van der Waals surface area contributed by atoms with Crippen LogP contribution in [0.3, 0.4) is 0 Å². The number of aromatic nitrogens is 5. The van der Waals surface area contributed by atoms with Crippen molar-refractivity contribution < 1.29 is 0 Å². The van der Waals surface area contributed by atoms with Crippen LogP contribution in [-0.4, -0.2) is 30.8 Å². The highest BCUT2D eigenvalue weighted by Crippen LogP contribution is 2.34. The largest absolute Gasteiger partial charge is 0.363 e. The van der Waals surface area contributed by atoms with Crippen molar-refractivity contribution in [2.24, 2.45) is 5.73 Å². The van der Waals surface area contributed by atoms with Gasteiger partial charge >= 0.3 is 0 Å². The molecule has 1 aliphatic carbocycles. The van der Waals surface area contributed by atoms with Crippen LogP contribution in [0.2, 0.25) is 0 Å². The number of nitrogens with one attached hydrogen (secondary N) is 1. The lowest BCUT2D eigenvalue weighted by Gasteiger charge is -2.31. The minimum atomic E-state index is 0. The zero-order valence-electron chi connectivity index (χ0n) is 15.4. The van der Waals surface area contributed by atoms with Gasteiger partial charge in [0.2, 0.25) is 0 Å². The van der Waals surface area contributed by atoms with Gasteiger partial charge in [0.1, 0.15) is 18.5 Å². The molecule has 1 aliphatic rings. The number of aryl methyl sites for hydroxylation is 2. The third kappa shape index (κ3) is 5.41. The maximum atomic E-state index is 5.88. The Hall–Kier alpha value is -2.22. The molecular formula is C19H25Cl2N7. The topological polar surface area (TPSA) is 94.5 Å². The average molecular weight is 422 g/mol. The summed E-state index contributed by atoms with van der Waals surface area (Å²) in [5.74, 6) is 2.17. The molecule has 0 bridgehead atoms. The third-order valence-corrected chi connectivity index (χ3v) is 4.89. The molecule has 28 heavy (non-hydrogen) atoms. The van der Waals surface area contributed by atoms with E-state index < -0.39 is 0 Å². The number of rotatable bonds is 7. The van der Waals surface area contributed by atoms with Gasteiger partial charge in [0.25, 0.3) is 0 Å². The number of anilines is 1. The molecule has 7 nitrogen and oxygen atoms in total. The number of hydrogen-bond acceptors (Lipinski definition) is 6. The normalized spacial score (nSPS) is 17.8. The Labute approximate surface area is 177 Å². The molecule has 2 heterocycles. The van der Waals surface area contributed by atoms with Gasteiger partial charge in [0.15, 0.2) is 5.82 Å². The zero-order valence-corrected chi connectivity index (χ0v) is 17.1. The maximum absolute atomic E-state index is 5.88. The Balaban J connectivity index is 0.00000140. The van der Waals surface area contributed by atoms with Gasteiger partial charge in [-0.2, -0.15) is 0 Å². The van der Waals surface area contributed by atoms with Gasteiger partial charge < -0.3 is 15.6 Å². The molecule has 1 fully saturated rings. The summed E-state index contributed by atoms with van der Waals surface area (Å²) in [7, 11) is 0. The van der Waals surface area contributed by atoms with Crippen LogP contribution in [0.15, 0.2) is 49.1 Å². The third-order valence-electron chi connectivity index (χ3n) is 4.89. The van der Waals surface area contributed by atoms with Crippen molar-refractivity contribution in [3.05, 3.63) is 66.1 Å². The van der Waals surface area contributed by atoms with Crippen molar-refractivity contribution in [1.82, 2.24) is 24.7 Å². The molecule has 1 aromatic carbocycles. The van der Waals surface area contributed by atoms with E-state index in [4.69, 9.17) is 5.73 Å². The van der Waals surface area contributed by atoms with Crippen LogP contribution in [0.5, 0.6) is 0 Å². The molecule has 3 aromatic rings. The van der Waals surface area contributed by atoms with Crippen molar-refractivity contribution >= 4 is 30.6 Å². The lowest BCUT2D eigenvalue weighted by molar-refractivity contribution is 0.345. The van der Waals surface area contributed by atoms with Gasteiger partial charge in [-0.1, -0.05) is 30.3 Å². The van der Waals surface area contributed by atoms with E-state index in [2.05, 4.69) is 54.3 Å². The molecule has 4 rings (SSSR count). The molecule has 3 N–H and O–H groups in total. The van der Waals surface area contributed by atoms with Gasteiger partial charge in [0.05, 0.1) is 6.54 Å². The van der Waals surface area contributed by atoms with Gasteiger partial charge in [0, 0.05) is 30.3 Å². The van der Waals surface area contributed by atoms with E-state index in [-0.39, 0.29) is 24.8 Å².